The van der Waals surface area contributed by atoms with Crippen LogP contribution in [0.3, 0.4) is 0 Å². The fraction of sp³-hybridized carbons (Fsp3) is 0.966. The monoisotopic (exact) mass is 459 g/mol. The molecular weight excluding hydrogens is 410 g/mol. The number of ketones is 1. The van der Waals surface area contributed by atoms with Gasteiger partial charge in [-0.15, -0.1) is 0 Å². The molecule has 5 fully saturated rings. The highest BCUT2D eigenvalue weighted by molar-refractivity contribution is 5.79. The number of aliphatic hydroxyl groups is 1. The molecule has 188 valence electrons. The molecular formula is C29H49NO3. The van der Waals surface area contributed by atoms with Gasteiger partial charge in [0, 0.05) is 24.6 Å². The van der Waals surface area contributed by atoms with Crippen molar-refractivity contribution in [3.63, 3.8) is 0 Å². The van der Waals surface area contributed by atoms with Gasteiger partial charge < -0.3 is 15.2 Å². The number of carbonyl (C=O) groups is 1. The zero-order valence-corrected chi connectivity index (χ0v) is 21.7. The topological polar surface area (TPSA) is 58.6 Å². The van der Waals surface area contributed by atoms with Crippen molar-refractivity contribution in [2.24, 2.45) is 40.4 Å². The number of nitrogens with one attached hydrogen (secondary N) is 1. The van der Waals surface area contributed by atoms with Crippen LogP contribution in [0.4, 0.5) is 0 Å². The number of hydrogen-bond acceptors (Lipinski definition) is 4. The summed E-state index contributed by atoms with van der Waals surface area (Å²) in [7, 11) is 0. The van der Waals surface area contributed by atoms with Gasteiger partial charge in [0.05, 0.1) is 12.2 Å². The normalized spacial score (nSPS) is 50.3. The molecule has 0 spiro atoms. The van der Waals surface area contributed by atoms with E-state index in [9.17, 15) is 9.90 Å². The van der Waals surface area contributed by atoms with Crippen LogP contribution in [0.2, 0.25) is 0 Å². The van der Waals surface area contributed by atoms with Crippen LogP contribution in [0.15, 0.2) is 0 Å². The highest BCUT2D eigenvalue weighted by Crippen LogP contribution is 2.67. The molecule has 0 heterocycles. The number of rotatable bonds is 5. The molecule has 0 saturated heterocycles. The van der Waals surface area contributed by atoms with E-state index in [1.54, 1.807) is 0 Å². The molecule has 0 aliphatic heterocycles. The first kappa shape index (κ1) is 24.3. The molecule has 0 amide bonds. The van der Waals surface area contributed by atoms with E-state index in [0.29, 0.717) is 48.1 Å². The third kappa shape index (κ3) is 4.04. The average molecular weight is 460 g/mol. The summed E-state index contributed by atoms with van der Waals surface area (Å²) in [5.74, 6) is 3.28. The molecule has 0 aromatic heterocycles. The molecule has 0 aromatic carbocycles. The van der Waals surface area contributed by atoms with Crippen LogP contribution in [-0.2, 0) is 9.53 Å². The van der Waals surface area contributed by atoms with Crippen molar-refractivity contribution in [3.8, 4) is 0 Å². The van der Waals surface area contributed by atoms with Crippen LogP contribution in [0.25, 0.3) is 0 Å². The van der Waals surface area contributed by atoms with Crippen molar-refractivity contribution in [1.82, 2.24) is 5.32 Å². The predicted molar refractivity (Wildman–Crippen MR) is 132 cm³/mol. The van der Waals surface area contributed by atoms with Gasteiger partial charge in [0.1, 0.15) is 5.78 Å². The fourth-order valence-corrected chi connectivity index (χ4v) is 10.2. The second-order valence-electron chi connectivity index (χ2n) is 13.1. The fourth-order valence-electron chi connectivity index (χ4n) is 10.2. The number of Topliss-reactive ketones (excluding diaryl/α,β-unsaturated/α-hetero) is 1. The van der Waals surface area contributed by atoms with E-state index >= 15 is 0 Å². The summed E-state index contributed by atoms with van der Waals surface area (Å²) in [6, 6.07) is 1.13. The van der Waals surface area contributed by atoms with Crippen LogP contribution in [0, 0.1) is 40.4 Å². The lowest BCUT2D eigenvalue weighted by atomic mass is 9.43. The van der Waals surface area contributed by atoms with Crippen molar-refractivity contribution >= 4 is 5.78 Å². The van der Waals surface area contributed by atoms with Gasteiger partial charge in [0.25, 0.3) is 0 Å². The van der Waals surface area contributed by atoms with Crippen molar-refractivity contribution < 1.29 is 14.6 Å². The van der Waals surface area contributed by atoms with Crippen molar-refractivity contribution in [2.45, 2.75) is 129 Å². The predicted octanol–water partition coefficient (Wildman–Crippen LogP) is 5.51. The van der Waals surface area contributed by atoms with Crippen LogP contribution in [-0.4, -0.2) is 41.8 Å². The quantitative estimate of drug-likeness (QED) is 0.569. The first-order chi connectivity index (χ1) is 15.8. The zero-order chi connectivity index (χ0) is 23.4. The van der Waals surface area contributed by atoms with Gasteiger partial charge in [-0.3, -0.25) is 4.79 Å². The largest absolute Gasteiger partial charge is 0.390 e. The highest BCUT2D eigenvalue weighted by atomic mass is 16.5. The number of fused-ring (bicyclic) bond motifs is 5. The van der Waals surface area contributed by atoms with Crippen molar-refractivity contribution in [2.75, 3.05) is 6.61 Å². The molecule has 5 rings (SSSR count). The molecule has 4 heteroatoms. The maximum atomic E-state index is 12.7. The number of hydrogen-bond donors (Lipinski definition) is 2. The van der Waals surface area contributed by atoms with Gasteiger partial charge in [-0.25, -0.2) is 0 Å². The standard InChI is InChI=1S/C29H49NO3/c1-5-33-26-17-28(3)19(15-25(26)32)11-12-21-23-14-13-22(18(2)31)29(23,4)16-24(27(21)28)30-20-9-7-6-8-10-20/h19-27,30,32H,5-17H2,1-4H3/t19-,21-,22+,23-,24+,25-,26-,27+,28-,29+/m0/s1. The lowest BCUT2D eigenvalue weighted by molar-refractivity contribution is -0.180. The Balaban J connectivity index is 1.49. The second-order valence-corrected chi connectivity index (χ2v) is 13.1. The molecule has 2 N–H and O–H groups in total. The molecule has 0 aromatic rings. The third-order valence-corrected chi connectivity index (χ3v) is 11.5. The SMILES string of the molecule is CCO[C@H]1C[C@@]2(C)[C@@H](CC[C@@H]3[C@@H]2[C@H](NC2CCCCC2)C[C@]2(C)[C@@H](C(C)=O)CC[C@@H]32)C[C@@H]1O. The summed E-state index contributed by atoms with van der Waals surface area (Å²) in [6.07, 6.45) is 14.3. The molecule has 0 bridgehead atoms. The Morgan fingerprint density at radius 3 is 2.45 bits per heavy atom. The average Bonchev–Trinajstić information content (AvgIpc) is 3.12. The lowest BCUT2D eigenvalue weighted by Gasteiger charge is -2.64. The molecule has 0 unspecified atom stereocenters. The summed E-state index contributed by atoms with van der Waals surface area (Å²) in [4.78, 5) is 12.7. The maximum absolute atomic E-state index is 12.7. The summed E-state index contributed by atoms with van der Waals surface area (Å²) >= 11 is 0. The van der Waals surface area contributed by atoms with E-state index in [0.717, 1.165) is 25.7 Å². The molecule has 5 saturated carbocycles. The number of aliphatic hydroxyl groups excluding tert-OH is 1. The van der Waals surface area contributed by atoms with Crippen molar-refractivity contribution in [1.29, 1.82) is 0 Å². The molecule has 4 nitrogen and oxygen atoms in total. The van der Waals surface area contributed by atoms with Gasteiger partial charge in [-0.2, -0.15) is 0 Å². The van der Waals surface area contributed by atoms with E-state index in [4.69, 9.17) is 4.74 Å². The summed E-state index contributed by atoms with van der Waals surface area (Å²) < 4.78 is 6.11. The van der Waals surface area contributed by atoms with Crippen LogP contribution >= 0.6 is 0 Å². The van der Waals surface area contributed by atoms with Gasteiger partial charge in [-0.05, 0) is 106 Å². The lowest BCUT2D eigenvalue weighted by Crippen LogP contribution is -2.65. The van der Waals surface area contributed by atoms with Crippen LogP contribution in [0.1, 0.15) is 105 Å². The summed E-state index contributed by atoms with van der Waals surface area (Å²) in [6.45, 7) is 9.62. The molecule has 0 radical (unpaired) electrons. The van der Waals surface area contributed by atoms with Gasteiger partial charge in [0.15, 0.2) is 0 Å². The number of ether oxygens (including phenoxy) is 1. The second kappa shape index (κ2) is 9.21. The Bertz CT molecular complexity index is 720. The van der Waals surface area contributed by atoms with Gasteiger partial charge in [0.2, 0.25) is 0 Å². The number of carbonyl (C=O) groups excluding carboxylic acids is 1. The maximum Gasteiger partial charge on any atom is 0.133 e. The zero-order valence-electron chi connectivity index (χ0n) is 21.7. The highest BCUT2D eigenvalue weighted by Gasteiger charge is 2.64. The third-order valence-electron chi connectivity index (χ3n) is 11.5. The minimum Gasteiger partial charge on any atom is -0.390 e. The summed E-state index contributed by atoms with van der Waals surface area (Å²) in [5, 5.41) is 15.1. The minimum atomic E-state index is -0.313. The van der Waals surface area contributed by atoms with Gasteiger partial charge in [-0.1, -0.05) is 33.1 Å². The Morgan fingerprint density at radius 2 is 1.76 bits per heavy atom. The molecule has 5 aliphatic rings. The van der Waals surface area contributed by atoms with E-state index in [1.807, 2.05) is 6.92 Å². The van der Waals surface area contributed by atoms with E-state index in [1.165, 1.54) is 51.4 Å². The summed E-state index contributed by atoms with van der Waals surface area (Å²) in [5.41, 5.74) is 0.361. The smallest absolute Gasteiger partial charge is 0.133 e. The molecule has 10 atom stereocenters. The minimum absolute atomic E-state index is 0.0211. The van der Waals surface area contributed by atoms with E-state index < -0.39 is 0 Å². The van der Waals surface area contributed by atoms with Gasteiger partial charge >= 0.3 is 0 Å². The van der Waals surface area contributed by atoms with E-state index in [-0.39, 0.29) is 29.0 Å². The Morgan fingerprint density at radius 1 is 1.00 bits per heavy atom. The Kier molecular flexibility index (Phi) is 6.77. The molecule has 33 heavy (non-hydrogen) atoms. The Labute approximate surface area is 202 Å². The first-order valence-corrected chi connectivity index (χ1v) is 14.3. The van der Waals surface area contributed by atoms with E-state index in [2.05, 4.69) is 26.1 Å². The first-order valence-electron chi connectivity index (χ1n) is 14.3. The van der Waals surface area contributed by atoms with Crippen LogP contribution < -0.4 is 5.32 Å². The van der Waals surface area contributed by atoms with Crippen LogP contribution in [0.5, 0.6) is 0 Å². The molecule has 5 aliphatic carbocycles. The van der Waals surface area contributed by atoms with Crippen molar-refractivity contribution in [3.05, 3.63) is 0 Å². The Hall–Kier alpha value is -0.450.